The SMILES string of the molecule is C[C@@H]1CC[C@@H](C(C)(C)c2ccccc2)[C@H](OC(=O)[C@@H]2NO[C@@H]3C=CC[C@@H]32)C1. The van der Waals surface area contributed by atoms with Crippen LogP contribution in [0.4, 0.5) is 0 Å². The minimum absolute atomic E-state index is 0.00406. The molecule has 1 aromatic rings. The van der Waals surface area contributed by atoms with Crippen molar-refractivity contribution in [3.63, 3.8) is 0 Å². The van der Waals surface area contributed by atoms with Crippen LogP contribution in [0.25, 0.3) is 0 Å². The molecule has 4 nitrogen and oxygen atoms in total. The lowest BCUT2D eigenvalue weighted by atomic mass is 9.64. The molecule has 146 valence electrons. The quantitative estimate of drug-likeness (QED) is 0.639. The molecule has 4 rings (SSSR count). The van der Waals surface area contributed by atoms with Crippen molar-refractivity contribution in [2.45, 2.75) is 70.1 Å². The van der Waals surface area contributed by atoms with Crippen LogP contribution in [0, 0.1) is 17.8 Å². The van der Waals surface area contributed by atoms with Crippen molar-refractivity contribution in [2.75, 3.05) is 0 Å². The van der Waals surface area contributed by atoms with E-state index in [9.17, 15) is 4.79 Å². The molecule has 1 heterocycles. The topological polar surface area (TPSA) is 47.6 Å². The average Bonchev–Trinajstić information content (AvgIpc) is 3.25. The maximum atomic E-state index is 13.0. The maximum absolute atomic E-state index is 13.0. The lowest BCUT2D eigenvalue weighted by molar-refractivity contribution is -0.161. The number of benzene rings is 1. The fourth-order valence-electron chi connectivity index (χ4n) is 5.15. The molecule has 0 spiro atoms. The number of carbonyl (C=O) groups is 1. The van der Waals surface area contributed by atoms with Gasteiger partial charge in [-0.1, -0.05) is 69.7 Å². The summed E-state index contributed by atoms with van der Waals surface area (Å²) in [5.41, 5.74) is 4.19. The minimum Gasteiger partial charge on any atom is -0.461 e. The molecular weight excluding hydrogens is 338 g/mol. The summed E-state index contributed by atoms with van der Waals surface area (Å²) in [5, 5.41) is 0. The van der Waals surface area contributed by atoms with Crippen LogP contribution in [-0.2, 0) is 19.8 Å². The summed E-state index contributed by atoms with van der Waals surface area (Å²) < 4.78 is 6.17. The van der Waals surface area contributed by atoms with Crippen molar-refractivity contribution >= 4 is 5.97 Å². The summed E-state index contributed by atoms with van der Waals surface area (Å²) in [6.07, 6.45) is 8.17. The van der Waals surface area contributed by atoms with E-state index in [1.807, 2.05) is 6.08 Å². The Morgan fingerprint density at radius 1 is 1.22 bits per heavy atom. The van der Waals surface area contributed by atoms with Crippen molar-refractivity contribution in [3.8, 4) is 0 Å². The molecule has 1 aliphatic heterocycles. The molecule has 2 aliphatic carbocycles. The number of allylic oxidation sites excluding steroid dienone is 1. The highest BCUT2D eigenvalue weighted by Gasteiger charge is 2.46. The molecule has 2 fully saturated rings. The van der Waals surface area contributed by atoms with E-state index in [-0.39, 0.29) is 35.6 Å². The highest BCUT2D eigenvalue weighted by molar-refractivity contribution is 5.77. The number of ether oxygens (including phenoxy) is 1. The first kappa shape index (κ1) is 18.7. The third-order valence-corrected chi connectivity index (χ3v) is 6.94. The van der Waals surface area contributed by atoms with Crippen LogP contribution in [0.2, 0.25) is 0 Å². The third kappa shape index (κ3) is 3.57. The smallest absolute Gasteiger partial charge is 0.326 e. The standard InChI is InChI=1S/C23H31NO3/c1-15-12-13-18(23(2,3)16-8-5-4-6-9-16)20(14-15)26-22(25)21-17-10-7-11-19(17)27-24-21/h4-9,11,15,17-21,24H,10,12-14H2,1-3H3/t15-,17+,18-,19-,20-,21-/m1/s1. The van der Waals surface area contributed by atoms with Gasteiger partial charge in [0.05, 0.1) is 0 Å². The molecule has 0 bridgehead atoms. The Kier molecular flexibility index (Phi) is 5.13. The Hall–Kier alpha value is -1.65. The summed E-state index contributed by atoms with van der Waals surface area (Å²) in [5.74, 6) is 0.914. The molecule has 0 unspecified atom stereocenters. The number of esters is 1. The van der Waals surface area contributed by atoms with Gasteiger partial charge in [-0.25, -0.2) is 0 Å². The Balaban J connectivity index is 1.51. The number of carbonyl (C=O) groups excluding carboxylic acids is 1. The summed E-state index contributed by atoms with van der Waals surface area (Å²) in [6, 6.07) is 10.3. The van der Waals surface area contributed by atoms with Crippen LogP contribution >= 0.6 is 0 Å². The van der Waals surface area contributed by atoms with E-state index in [1.165, 1.54) is 12.0 Å². The van der Waals surface area contributed by atoms with Crippen LogP contribution in [0.1, 0.15) is 52.0 Å². The van der Waals surface area contributed by atoms with Crippen molar-refractivity contribution in [1.82, 2.24) is 5.48 Å². The van der Waals surface area contributed by atoms with Crippen molar-refractivity contribution < 1.29 is 14.4 Å². The summed E-state index contributed by atoms with van der Waals surface area (Å²) in [6.45, 7) is 6.84. The maximum Gasteiger partial charge on any atom is 0.326 e. The Labute approximate surface area is 162 Å². The Morgan fingerprint density at radius 3 is 2.78 bits per heavy atom. The van der Waals surface area contributed by atoms with Gasteiger partial charge >= 0.3 is 5.97 Å². The van der Waals surface area contributed by atoms with Crippen LogP contribution in [0.15, 0.2) is 42.5 Å². The first-order valence-electron chi connectivity index (χ1n) is 10.3. The number of fused-ring (bicyclic) bond motifs is 1. The van der Waals surface area contributed by atoms with E-state index in [4.69, 9.17) is 9.57 Å². The Morgan fingerprint density at radius 2 is 2.00 bits per heavy atom. The molecular formula is C23H31NO3. The van der Waals surface area contributed by atoms with Crippen LogP contribution in [-0.4, -0.2) is 24.2 Å². The van der Waals surface area contributed by atoms with Gasteiger partial charge in [0.1, 0.15) is 18.2 Å². The molecule has 3 aliphatic rings. The van der Waals surface area contributed by atoms with Crippen LogP contribution in [0.3, 0.4) is 0 Å². The largest absolute Gasteiger partial charge is 0.461 e. The fourth-order valence-corrected chi connectivity index (χ4v) is 5.15. The molecule has 6 atom stereocenters. The fraction of sp³-hybridized carbons (Fsp3) is 0.609. The van der Waals surface area contributed by atoms with Gasteiger partial charge in [-0.05, 0) is 36.2 Å². The van der Waals surface area contributed by atoms with Crippen molar-refractivity contribution in [3.05, 3.63) is 48.0 Å². The van der Waals surface area contributed by atoms with Gasteiger partial charge in [-0.2, -0.15) is 5.48 Å². The van der Waals surface area contributed by atoms with E-state index < -0.39 is 0 Å². The van der Waals surface area contributed by atoms with Gasteiger partial charge in [-0.3, -0.25) is 9.63 Å². The second kappa shape index (κ2) is 7.40. The summed E-state index contributed by atoms with van der Waals surface area (Å²) in [4.78, 5) is 18.5. The molecule has 4 heteroatoms. The zero-order chi connectivity index (χ0) is 19.0. The first-order valence-corrected chi connectivity index (χ1v) is 10.3. The number of rotatable bonds is 4. The van der Waals surface area contributed by atoms with Crippen LogP contribution in [0.5, 0.6) is 0 Å². The summed E-state index contributed by atoms with van der Waals surface area (Å²) in [7, 11) is 0. The highest BCUT2D eigenvalue weighted by atomic mass is 16.7. The molecule has 27 heavy (non-hydrogen) atoms. The van der Waals surface area contributed by atoms with Crippen molar-refractivity contribution in [2.24, 2.45) is 17.8 Å². The lowest BCUT2D eigenvalue weighted by Gasteiger charge is -2.44. The molecule has 1 saturated heterocycles. The Bertz CT molecular complexity index is 699. The van der Waals surface area contributed by atoms with Crippen LogP contribution < -0.4 is 5.48 Å². The van der Waals surface area contributed by atoms with E-state index in [0.29, 0.717) is 11.8 Å². The van der Waals surface area contributed by atoms with Gasteiger partial charge in [0, 0.05) is 11.8 Å². The van der Waals surface area contributed by atoms with E-state index in [2.05, 4.69) is 62.7 Å². The molecule has 1 aromatic carbocycles. The molecule has 0 amide bonds. The molecule has 0 aromatic heterocycles. The highest BCUT2D eigenvalue weighted by Crippen LogP contribution is 2.44. The van der Waals surface area contributed by atoms with Gasteiger partial charge in [0.15, 0.2) is 0 Å². The summed E-state index contributed by atoms with van der Waals surface area (Å²) >= 11 is 0. The van der Waals surface area contributed by atoms with Gasteiger partial charge in [0.25, 0.3) is 0 Å². The van der Waals surface area contributed by atoms with Gasteiger partial charge in [-0.15, -0.1) is 0 Å². The van der Waals surface area contributed by atoms with E-state index >= 15 is 0 Å². The number of hydroxylamine groups is 1. The monoisotopic (exact) mass is 369 g/mol. The molecule has 0 radical (unpaired) electrons. The first-order chi connectivity index (χ1) is 13.0. The molecule has 1 saturated carbocycles. The number of hydrogen-bond donors (Lipinski definition) is 1. The van der Waals surface area contributed by atoms with E-state index in [0.717, 1.165) is 19.3 Å². The second-order valence-corrected chi connectivity index (χ2v) is 9.09. The van der Waals surface area contributed by atoms with Crippen molar-refractivity contribution in [1.29, 1.82) is 0 Å². The predicted octanol–water partition coefficient (Wildman–Crippen LogP) is 4.16. The molecule has 1 N–H and O–H groups in total. The second-order valence-electron chi connectivity index (χ2n) is 9.09. The average molecular weight is 370 g/mol. The van der Waals surface area contributed by atoms with Gasteiger partial charge < -0.3 is 4.74 Å². The lowest BCUT2D eigenvalue weighted by Crippen LogP contribution is -2.46. The number of hydrogen-bond acceptors (Lipinski definition) is 4. The minimum atomic E-state index is -0.359. The predicted molar refractivity (Wildman–Crippen MR) is 105 cm³/mol. The van der Waals surface area contributed by atoms with E-state index in [1.54, 1.807) is 0 Å². The zero-order valence-electron chi connectivity index (χ0n) is 16.6. The van der Waals surface area contributed by atoms with Gasteiger partial charge in [0.2, 0.25) is 0 Å². The third-order valence-electron chi connectivity index (χ3n) is 6.94. The normalized spacial score (nSPS) is 35.8. The zero-order valence-corrected chi connectivity index (χ0v) is 16.6. The number of nitrogens with one attached hydrogen (secondary N) is 1.